The molecule has 0 spiro atoms. The summed E-state index contributed by atoms with van der Waals surface area (Å²) in [5.74, 6) is 0.361. The molecule has 0 fully saturated rings. The molecule has 0 aliphatic heterocycles. The third-order valence-electron chi connectivity index (χ3n) is 8.58. The molecule has 210 valence electrons. The van der Waals surface area contributed by atoms with Gasteiger partial charge in [0, 0.05) is 37.2 Å². The molecule has 4 heterocycles. The summed E-state index contributed by atoms with van der Waals surface area (Å²) in [6, 6.07) is 38.3. The summed E-state index contributed by atoms with van der Waals surface area (Å²) in [4.78, 5) is 10.2. The minimum atomic E-state index is -0.317. The number of para-hydroxylation sites is 2. The Hall–Kier alpha value is -5.36. The van der Waals surface area contributed by atoms with Gasteiger partial charge in [-0.15, -0.1) is 22.7 Å². The molecule has 5 heteroatoms. The molecular weight excluding hydrogens is 587 g/mol. The summed E-state index contributed by atoms with van der Waals surface area (Å²) < 4.78 is 41.9. The highest BCUT2D eigenvalue weighted by atomic mass is 32.1. The fourth-order valence-electron chi connectivity index (χ4n) is 6.52. The Morgan fingerprint density at radius 1 is 0.511 bits per heavy atom. The van der Waals surface area contributed by atoms with Crippen molar-refractivity contribution >= 4 is 85.0 Å². The predicted molar refractivity (Wildman–Crippen MR) is 193 cm³/mol. The molecule has 0 N–H and O–H groups in total. The summed E-state index contributed by atoms with van der Waals surface area (Å²) >= 11 is 3.59. The number of aromatic nitrogens is 3. The number of hydrogen-bond donors (Lipinski definition) is 0. The van der Waals surface area contributed by atoms with Gasteiger partial charge < -0.3 is 0 Å². The quantitative estimate of drug-likeness (QED) is 0.198. The van der Waals surface area contributed by atoms with Crippen molar-refractivity contribution in [2.75, 3.05) is 0 Å². The predicted octanol–water partition coefficient (Wildman–Crippen LogP) is 11.6. The Labute approximate surface area is 271 Å². The van der Waals surface area contributed by atoms with Gasteiger partial charge in [0.05, 0.1) is 41.8 Å². The van der Waals surface area contributed by atoms with Crippen molar-refractivity contribution < 1.29 is 5.48 Å². The normalized spacial score (nSPS) is 13.2. The highest BCUT2D eigenvalue weighted by Crippen LogP contribution is 2.48. The summed E-state index contributed by atoms with van der Waals surface area (Å²) in [5, 5.41) is 4.87. The Balaban J connectivity index is 1.32. The van der Waals surface area contributed by atoms with E-state index in [9.17, 15) is 0 Å². The zero-order valence-corrected chi connectivity index (χ0v) is 25.3. The van der Waals surface area contributed by atoms with Gasteiger partial charge in [-0.2, -0.15) is 0 Å². The van der Waals surface area contributed by atoms with Gasteiger partial charge in [0.15, 0.2) is 0 Å². The maximum Gasteiger partial charge on any atom is 0.235 e. The van der Waals surface area contributed by atoms with Crippen molar-refractivity contribution in [3.63, 3.8) is 0 Å². The molecule has 10 rings (SSSR count). The van der Waals surface area contributed by atoms with Gasteiger partial charge in [-0.3, -0.25) is 4.57 Å². The summed E-state index contributed by atoms with van der Waals surface area (Å²) in [6.45, 7) is 0. The largest absolute Gasteiger partial charge is 0.276 e. The topological polar surface area (TPSA) is 30.7 Å². The molecule has 0 saturated heterocycles. The fourth-order valence-corrected chi connectivity index (χ4v) is 9.30. The maximum absolute atomic E-state index is 8.95. The van der Waals surface area contributed by atoms with Gasteiger partial charge in [0.2, 0.25) is 5.95 Å². The number of benzene rings is 6. The first-order chi connectivity index (χ1) is 24.0. The molecule has 10 aromatic rings. The molecule has 0 aliphatic rings. The smallest absolute Gasteiger partial charge is 0.235 e. The van der Waals surface area contributed by atoms with Crippen LogP contribution < -0.4 is 0 Å². The van der Waals surface area contributed by atoms with Crippen LogP contribution in [-0.4, -0.2) is 14.5 Å². The zero-order valence-electron chi connectivity index (χ0n) is 27.6. The molecule has 3 nitrogen and oxygen atoms in total. The minimum Gasteiger partial charge on any atom is -0.276 e. The van der Waals surface area contributed by atoms with Crippen molar-refractivity contribution in [3.05, 3.63) is 139 Å². The van der Waals surface area contributed by atoms with Gasteiger partial charge >= 0.3 is 0 Å². The van der Waals surface area contributed by atoms with E-state index >= 15 is 0 Å². The van der Waals surface area contributed by atoms with E-state index in [0.717, 1.165) is 43.2 Å². The van der Waals surface area contributed by atoms with E-state index in [1.807, 2.05) is 65.9 Å². The van der Waals surface area contributed by atoms with Gasteiger partial charge in [0.1, 0.15) is 0 Å². The Kier molecular flexibility index (Phi) is 4.54. The average molecular weight is 614 g/mol. The van der Waals surface area contributed by atoms with Crippen LogP contribution in [0, 0.1) is 0 Å². The fraction of sp³-hybridized carbons (Fsp3) is 0. The molecule has 6 aromatic carbocycles. The first kappa shape index (κ1) is 21.4. The lowest BCUT2D eigenvalue weighted by Gasteiger charge is -2.12. The number of rotatable bonds is 3. The maximum atomic E-state index is 8.95. The lowest BCUT2D eigenvalue weighted by atomic mass is 10.0. The molecule has 0 atom stereocenters. The van der Waals surface area contributed by atoms with Crippen LogP contribution in [0.4, 0.5) is 0 Å². The van der Waals surface area contributed by atoms with Crippen LogP contribution in [0.5, 0.6) is 0 Å². The van der Waals surface area contributed by atoms with Crippen molar-refractivity contribution in [1.29, 1.82) is 0 Å². The standard InChI is InChI=1S/C40H23N3S2/c1-2-10-24(11-3-1)25-18-20-26(21-19-25)35-29-13-4-7-15-32(29)41-40(42-35)43-33-16-8-5-12-27(33)28-22-23-31-37(36(28)43)45-38-30-14-6-9-17-34(30)44-39(31)38/h1-23H/i4D,7D,13D,15D. The first-order valence-corrected chi connectivity index (χ1v) is 16.3. The minimum absolute atomic E-state index is 0.153. The molecule has 0 aliphatic carbocycles. The van der Waals surface area contributed by atoms with E-state index in [1.165, 1.54) is 24.9 Å². The summed E-state index contributed by atoms with van der Waals surface area (Å²) in [6.07, 6.45) is 0. The third-order valence-corrected chi connectivity index (χ3v) is 11.2. The van der Waals surface area contributed by atoms with E-state index in [2.05, 4.69) is 65.2 Å². The van der Waals surface area contributed by atoms with Crippen LogP contribution in [0.15, 0.2) is 139 Å². The van der Waals surface area contributed by atoms with Gasteiger partial charge in [-0.25, -0.2) is 9.97 Å². The van der Waals surface area contributed by atoms with E-state index in [1.54, 1.807) is 11.3 Å². The van der Waals surface area contributed by atoms with E-state index < -0.39 is 0 Å². The van der Waals surface area contributed by atoms with Crippen molar-refractivity contribution in [2.45, 2.75) is 0 Å². The van der Waals surface area contributed by atoms with Crippen molar-refractivity contribution in [1.82, 2.24) is 14.5 Å². The molecule has 45 heavy (non-hydrogen) atoms. The van der Waals surface area contributed by atoms with Crippen LogP contribution in [0.25, 0.3) is 90.6 Å². The van der Waals surface area contributed by atoms with Crippen LogP contribution in [0.3, 0.4) is 0 Å². The second kappa shape index (κ2) is 9.57. The van der Waals surface area contributed by atoms with Crippen molar-refractivity contribution in [3.8, 4) is 28.3 Å². The number of hydrogen-bond acceptors (Lipinski definition) is 4. The molecule has 0 amide bonds. The van der Waals surface area contributed by atoms with Crippen LogP contribution in [-0.2, 0) is 0 Å². The van der Waals surface area contributed by atoms with Crippen molar-refractivity contribution in [2.24, 2.45) is 0 Å². The Morgan fingerprint density at radius 3 is 2.09 bits per heavy atom. The van der Waals surface area contributed by atoms with Gasteiger partial charge in [-0.1, -0.05) is 121 Å². The lowest BCUT2D eigenvalue weighted by molar-refractivity contribution is 1.02. The number of thiophene rings is 2. The van der Waals surface area contributed by atoms with E-state index in [-0.39, 0.29) is 29.7 Å². The van der Waals surface area contributed by atoms with Gasteiger partial charge in [-0.05, 0) is 29.3 Å². The molecule has 0 unspecified atom stereocenters. The average Bonchev–Trinajstić information content (AvgIpc) is 3.81. The second-order valence-corrected chi connectivity index (χ2v) is 13.2. The summed E-state index contributed by atoms with van der Waals surface area (Å²) in [7, 11) is 0. The Bertz CT molecular complexity index is 2980. The van der Waals surface area contributed by atoms with E-state index in [4.69, 9.17) is 15.5 Å². The zero-order chi connectivity index (χ0) is 33.0. The monoisotopic (exact) mass is 613 g/mol. The molecule has 4 aromatic heterocycles. The highest BCUT2D eigenvalue weighted by molar-refractivity contribution is 7.37. The SMILES string of the molecule is [2H]c1c([2H])c([2H])c2c(-c3ccc(-c4ccccc4)cc3)nc(-n3c4ccccc4c4ccc5c6sc7ccccc7c6sc5c43)nc2c1[2H]. The third kappa shape index (κ3) is 3.69. The van der Waals surface area contributed by atoms with Gasteiger partial charge in [0.25, 0.3) is 0 Å². The second-order valence-electron chi connectivity index (χ2n) is 11.1. The highest BCUT2D eigenvalue weighted by Gasteiger charge is 2.22. The molecule has 0 saturated carbocycles. The van der Waals surface area contributed by atoms with Crippen LogP contribution in [0.2, 0.25) is 0 Å². The number of nitrogens with zero attached hydrogens (tertiary/aromatic N) is 3. The van der Waals surface area contributed by atoms with Crippen LogP contribution >= 0.6 is 22.7 Å². The summed E-state index contributed by atoms with van der Waals surface area (Å²) in [5.41, 5.74) is 5.44. The van der Waals surface area contributed by atoms with Crippen LogP contribution in [0.1, 0.15) is 5.48 Å². The number of fused-ring (bicyclic) bond motifs is 10. The molecule has 0 bridgehead atoms. The first-order valence-electron chi connectivity index (χ1n) is 16.7. The van der Waals surface area contributed by atoms with E-state index in [0.29, 0.717) is 17.0 Å². The lowest BCUT2D eigenvalue weighted by Crippen LogP contribution is -2.03. The Morgan fingerprint density at radius 2 is 1.20 bits per heavy atom. The molecule has 0 radical (unpaired) electrons. The molecular formula is C40H23N3S2.